The van der Waals surface area contributed by atoms with Gasteiger partial charge in [-0.1, -0.05) is 39.0 Å². The second-order valence-electron chi connectivity index (χ2n) is 9.13. The molecule has 1 aliphatic carbocycles. The first kappa shape index (κ1) is 21.9. The van der Waals surface area contributed by atoms with Crippen LogP contribution in [0.2, 0.25) is 0 Å². The lowest BCUT2D eigenvalue weighted by molar-refractivity contribution is -0.136. The van der Waals surface area contributed by atoms with Gasteiger partial charge in [0.1, 0.15) is 0 Å². The Kier molecular flexibility index (Phi) is 6.11. The van der Waals surface area contributed by atoms with Crippen LogP contribution in [0.4, 0.5) is 5.69 Å². The molecule has 0 spiro atoms. The van der Waals surface area contributed by atoms with Gasteiger partial charge >= 0.3 is 0 Å². The molecule has 1 saturated heterocycles. The van der Waals surface area contributed by atoms with Crippen molar-refractivity contribution in [3.63, 3.8) is 0 Å². The number of anilines is 1. The Labute approximate surface area is 185 Å². The fraction of sp³-hybridized carbons (Fsp3) is 0.480. The van der Waals surface area contributed by atoms with Gasteiger partial charge in [-0.05, 0) is 78.5 Å². The number of nitrogens with one attached hydrogen (secondary N) is 1. The molecule has 2 aromatic rings. The van der Waals surface area contributed by atoms with Gasteiger partial charge in [0, 0.05) is 24.7 Å². The summed E-state index contributed by atoms with van der Waals surface area (Å²) in [6.07, 6.45) is 4.47. The number of sulfonamides is 1. The maximum atomic E-state index is 12.9. The van der Waals surface area contributed by atoms with Crippen molar-refractivity contribution >= 4 is 21.6 Å². The van der Waals surface area contributed by atoms with Crippen molar-refractivity contribution in [3.05, 3.63) is 59.2 Å². The molecule has 4 rings (SSSR count). The predicted octanol–water partition coefficient (Wildman–Crippen LogP) is 4.73. The molecule has 1 heterocycles. The van der Waals surface area contributed by atoms with E-state index in [1.54, 1.807) is 12.1 Å². The van der Waals surface area contributed by atoms with Crippen molar-refractivity contribution in [2.75, 3.05) is 11.3 Å². The molecule has 1 aliphatic heterocycles. The maximum absolute atomic E-state index is 12.9. The average Bonchev–Trinajstić information content (AvgIpc) is 2.76. The van der Waals surface area contributed by atoms with E-state index in [2.05, 4.69) is 23.5 Å². The van der Waals surface area contributed by atoms with Crippen LogP contribution in [0.3, 0.4) is 0 Å². The molecule has 0 unspecified atom stereocenters. The van der Waals surface area contributed by atoms with Crippen molar-refractivity contribution < 1.29 is 13.2 Å². The Hall–Kier alpha value is -2.34. The van der Waals surface area contributed by atoms with Gasteiger partial charge < -0.3 is 4.90 Å². The van der Waals surface area contributed by atoms with E-state index in [0.717, 1.165) is 37.8 Å². The van der Waals surface area contributed by atoms with Gasteiger partial charge in [0.15, 0.2) is 0 Å². The largest absolute Gasteiger partial charge is 0.339 e. The zero-order chi connectivity index (χ0) is 22.2. The predicted molar refractivity (Wildman–Crippen MR) is 124 cm³/mol. The fourth-order valence-corrected chi connectivity index (χ4v) is 6.05. The Morgan fingerprint density at radius 3 is 2.52 bits per heavy atom. The SMILES string of the molecule is CCC(=O)N1CCC[C@@H]2Cc3cc(NS(=O)(=O)c4ccc(C(C)C)cc4)ccc3C[C@H]21. The van der Waals surface area contributed by atoms with Gasteiger partial charge in [0.25, 0.3) is 10.0 Å². The van der Waals surface area contributed by atoms with E-state index in [4.69, 9.17) is 0 Å². The Morgan fingerprint density at radius 2 is 1.84 bits per heavy atom. The Balaban J connectivity index is 1.53. The zero-order valence-electron chi connectivity index (χ0n) is 18.6. The van der Waals surface area contributed by atoms with E-state index in [0.29, 0.717) is 23.9 Å². The number of amides is 1. The number of carbonyl (C=O) groups is 1. The Morgan fingerprint density at radius 1 is 1.10 bits per heavy atom. The summed E-state index contributed by atoms with van der Waals surface area (Å²) < 4.78 is 28.5. The van der Waals surface area contributed by atoms with Crippen molar-refractivity contribution in [3.8, 4) is 0 Å². The van der Waals surface area contributed by atoms with E-state index < -0.39 is 10.0 Å². The van der Waals surface area contributed by atoms with Gasteiger partial charge in [-0.25, -0.2) is 8.42 Å². The second-order valence-corrected chi connectivity index (χ2v) is 10.8. The average molecular weight is 441 g/mol. The van der Waals surface area contributed by atoms with Crippen molar-refractivity contribution in [2.24, 2.45) is 5.92 Å². The molecule has 6 heteroatoms. The fourth-order valence-electron chi connectivity index (χ4n) is 5.00. The van der Waals surface area contributed by atoms with Crippen molar-refractivity contribution in [2.45, 2.75) is 69.7 Å². The van der Waals surface area contributed by atoms with E-state index in [9.17, 15) is 13.2 Å². The quantitative estimate of drug-likeness (QED) is 0.731. The summed E-state index contributed by atoms with van der Waals surface area (Å²) >= 11 is 0. The lowest BCUT2D eigenvalue weighted by Gasteiger charge is -2.44. The van der Waals surface area contributed by atoms with Crippen LogP contribution in [0.15, 0.2) is 47.4 Å². The molecule has 0 bridgehead atoms. The van der Waals surface area contributed by atoms with E-state index in [1.807, 2.05) is 37.3 Å². The first-order valence-corrected chi connectivity index (χ1v) is 12.8. The number of likely N-dealkylation sites (tertiary alicyclic amines) is 1. The summed E-state index contributed by atoms with van der Waals surface area (Å²) in [5, 5.41) is 0. The smallest absolute Gasteiger partial charge is 0.261 e. The molecule has 2 aromatic carbocycles. The van der Waals surface area contributed by atoms with E-state index in [-0.39, 0.29) is 16.8 Å². The number of hydrogen-bond donors (Lipinski definition) is 1. The molecule has 2 aliphatic rings. The monoisotopic (exact) mass is 440 g/mol. The molecule has 166 valence electrons. The molecule has 1 amide bonds. The van der Waals surface area contributed by atoms with Crippen LogP contribution >= 0.6 is 0 Å². The Bertz CT molecular complexity index is 1060. The minimum absolute atomic E-state index is 0.242. The highest BCUT2D eigenvalue weighted by atomic mass is 32.2. The molecule has 0 radical (unpaired) electrons. The van der Waals surface area contributed by atoms with Crippen LogP contribution in [0.1, 0.15) is 62.6 Å². The van der Waals surface area contributed by atoms with Gasteiger partial charge in [0.2, 0.25) is 5.91 Å². The summed E-state index contributed by atoms with van der Waals surface area (Å²) in [5.41, 5.74) is 4.14. The third-order valence-electron chi connectivity index (χ3n) is 6.77. The number of fused-ring (bicyclic) bond motifs is 2. The normalized spacial score (nSPS) is 20.8. The second kappa shape index (κ2) is 8.65. The first-order chi connectivity index (χ1) is 14.8. The number of benzene rings is 2. The minimum Gasteiger partial charge on any atom is -0.339 e. The summed E-state index contributed by atoms with van der Waals surface area (Å²) in [6, 6.07) is 13.2. The number of carbonyl (C=O) groups excluding carboxylic acids is 1. The first-order valence-electron chi connectivity index (χ1n) is 11.3. The van der Waals surface area contributed by atoms with Gasteiger partial charge in [-0.15, -0.1) is 0 Å². The third-order valence-corrected chi connectivity index (χ3v) is 8.17. The van der Waals surface area contributed by atoms with Crippen LogP contribution in [0, 0.1) is 5.92 Å². The highest BCUT2D eigenvalue weighted by Crippen LogP contribution is 2.36. The molecule has 2 atom stereocenters. The molecule has 0 saturated carbocycles. The third kappa shape index (κ3) is 4.49. The van der Waals surface area contributed by atoms with Crippen LogP contribution < -0.4 is 4.72 Å². The minimum atomic E-state index is -3.63. The molecule has 5 nitrogen and oxygen atoms in total. The standard InChI is InChI=1S/C25H32N2O3S/c1-4-25(28)27-13-5-6-20-14-21-15-22(10-7-19(21)16-24(20)27)26-31(29,30)23-11-8-18(9-12-23)17(2)3/h7-12,15,17,20,24,26H,4-6,13-14,16H2,1-3H3/t20-,24-/m1/s1. The van der Waals surface area contributed by atoms with Crippen molar-refractivity contribution in [1.29, 1.82) is 0 Å². The van der Waals surface area contributed by atoms with Crippen LogP contribution in [-0.4, -0.2) is 31.8 Å². The van der Waals surface area contributed by atoms with E-state index in [1.165, 1.54) is 11.1 Å². The maximum Gasteiger partial charge on any atom is 0.261 e. The highest BCUT2D eigenvalue weighted by Gasteiger charge is 2.37. The number of nitrogens with zero attached hydrogens (tertiary/aromatic N) is 1. The number of hydrogen-bond acceptors (Lipinski definition) is 3. The molecule has 31 heavy (non-hydrogen) atoms. The number of piperidine rings is 1. The van der Waals surface area contributed by atoms with Gasteiger partial charge in [0.05, 0.1) is 4.90 Å². The van der Waals surface area contributed by atoms with E-state index >= 15 is 0 Å². The van der Waals surface area contributed by atoms with Crippen LogP contribution in [-0.2, 0) is 27.7 Å². The zero-order valence-corrected chi connectivity index (χ0v) is 19.4. The molecule has 1 N–H and O–H groups in total. The lowest BCUT2D eigenvalue weighted by Crippen LogP contribution is -2.51. The molecule has 0 aromatic heterocycles. The molecular weight excluding hydrogens is 408 g/mol. The summed E-state index contributed by atoms with van der Waals surface area (Å²) in [4.78, 5) is 14.7. The summed E-state index contributed by atoms with van der Waals surface area (Å²) in [7, 11) is -3.63. The van der Waals surface area contributed by atoms with Crippen LogP contribution in [0.5, 0.6) is 0 Å². The van der Waals surface area contributed by atoms with Gasteiger partial charge in [-0.2, -0.15) is 0 Å². The highest BCUT2D eigenvalue weighted by molar-refractivity contribution is 7.92. The summed E-state index contributed by atoms with van der Waals surface area (Å²) in [6.45, 7) is 6.96. The molecule has 1 fully saturated rings. The lowest BCUT2D eigenvalue weighted by atomic mass is 9.75. The topological polar surface area (TPSA) is 66.5 Å². The van der Waals surface area contributed by atoms with Crippen molar-refractivity contribution in [1.82, 2.24) is 4.90 Å². The summed E-state index contributed by atoms with van der Waals surface area (Å²) in [5.74, 6) is 1.05. The molecular formula is C25H32N2O3S. The number of rotatable bonds is 5. The van der Waals surface area contributed by atoms with Gasteiger partial charge in [-0.3, -0.25) is 9.52 Å². The van der Waals surface area contributed by atoms with Crippen LogP contribution in [0.25, 0.3) is 0 Å².